The molecule has 15 heteroatoms. The van der Waals surface area contributed by atoms with E-state index in [-0.39, 0.29) is 27.6 Å². The normalized spacial score (nSPS) is 16.3. The third-order valence-electron chi connectivity index (χ3n) is 6.02. The Hall–Kier alpha value is -2.81. The fourth-order valence-corrected chi connectivity index (χ4v) is 5.91. The molecule has 222 valence electrons. The molecule has 0 spiro atoms. The monoisotopic (exact) mass is 604 g/mol. The maximum atomic E-state index is 13.0. The summed E-state index contributed by atoms with van der Waals surface area (Å²) in [4.78, 5) is 14.5. The van der Waals surface area contributed by atoms with E-state index in [9.17, 15) is 26.4 Å². The summed E-state index contributed by atoms with van der Waals surface area (Å²) in [5.74, 6) is -2.73. The van der Waals surface area contributed by atoms with Crippen molar-refractivity contribution in [1.29, 1.82) is 0 Å². The van der Waals surface area contributed by atoms with Crippen LogP contribution < -0.4 is 9.62 Å². The van der Waals surface area contributed by atoms with E-state index in [0.29, 0.717) is 6.42 Å². The highest BCUT2D eigenvalue weighted by molar-refractivity contribution is 7.92. The van der Waals surface area contributed by atoms with Crippen LogP contribution in [0.15, 0.2) is 22.4 Å². The molecule has 3 rings (SSSR count). The quantitative estimate of drug-likeness (QED) is 0.167. The molecule has 40 heavy (non-hydrogen) atoms. The summed E-state index contributed by atoms with van der Waals surface area (Å²) in [6.07, 6.45) is 0.497. The van der Waals surface area contributed by atoms with Crippen molar-refractivity contribution in [2.45, 2.75) is 91.0 Å². The lowest BCUT2D eigenvalue weighted by Crippen LogP contribution is -2.39. The molecule has 1 atom stereocenters. The fourth-order valence-electron chi connectivity index (χ4n) is 4.36. The van der Waals surface area contributed by atoms with E-state index in [4.69, 9.17) is 4.74 Å². The Kier molecular flexibility index (Phi) is 10.1. The Labute approximate surface area is 236 Å². The molecule has 0 fully saturated rings. The summed E-state index contributed by atoms with van der Waals surface area (Å²) in [6, 6.07) is 3.40. The lowest BCUT2D eigenvalue weighted by atomic mass is 9.93. The number of carbonyl (C=O) groups excluding carboxylic acids is 1. The number of ether oxygens (including phenoxy) is 1. The van der Waals surface area contributed by atoms with Gasteiger partial charge in [-0.15, -0.1) is 20.4 Å². The largest absolute Gasteiger partial charge is 0.455 e. The third kappa shape index (κ3) is 9.11. The average Bonchev–Trinajstić information content (AvgIpc) is 3.29. The highest BCUT2D eigenvalue weighted by atomic mass is 32.2. The Morgan fingerprint density at radius 1 is 1.18 bits per heavy atom. The molecule has 10 nitrogen and oxygen atoms in total. The Morgan fingerprint density at radius 2 is 1.90 bits per heavy atom. The number of esters is 1. The molecule has 1 aliphatic rings. The molecule has 1 aliphatic heterocycles. The number of aryl methyl sites for hydroxylation is 1. The first-order chi connectivity index (χ1) is 18.6. The van der Waals surface area contributed by atoms with Crippen molar-refractivity contribution in [1.82, 2.24) is 10.2 Å². The Morgan fingerprint density at radius 3 is 2.52 bits per heavy atom. The third-order valence-corrected chi connectivity index (χ3v) is 8.04. The van der Waals surface area contributed by atoms with Crippen molar-refractivity contribution in [3.05, 3.63) is 22.7 Å². The highest BCUT2D eigenvalue weighted by Crippen LogP contribution is 2.41. The zero-order valence-electron chi connectivity index (χ0n) is 23.2. The predicted molar refractivity (Wildman–Crippen MR) is 148 cm³/mol. The second kappa shape index (κ2) is 12.8. The molecule has 1 aromatic heterocycles. The van der Waals surface area contributed by atoms with E-state index < -0.39 is 33.5 Å². The summed E-state index contributed by atoms with van der Waals surface area (Å²) in [5.41, 5.74) is 0.821. The Bertz CT molecular complexity index is 1320. The number of anilines is 2. The van der Waals surface area contributed by atoms with E-state index in [1.165, 1.54) is 6.07 Å². The maximum Gasteiger partial charge on any atom is 0.404 e. The van der Waals surface area contributed by atoms with Gasteiger partial charge in [-0.05, 0) is 64.2 Å². The second-order valence-electron chi connectivity index (χ2n) is 10.6. The number of nitrogens with zero attached hydrogens (tertiary/aromatic N) is 5. The maximum absolute atomic E-state index is 13.0. The van der Waals surface area contributed by atoms with Crippen LogP contribution in [0, 0.1) is 0 Å². The highest BCUT2D eigenvalue weighted by Gasteiger charge is 2.36. The standard InChI is InChI=1S/C25H35F3N6O4S2/c1-6-8-9-12-34-17(7-2)11-10-16-13-18(19(14-20(16)34)33-40(36,37)15-25(26,27)28)29-31-23-32-30-21(39-23)22(35)38-24(3,4)5/h13-14,17,33H,6-12,15H2,1-5H3. The number of aromatic nitrogens is 2. The minimum Gasteiger partial charge on any atom is -0.455 e. The molecule has 2 heterocycles. The molecule has 0 aliphatic carbocycles. The van der Waals surface area contributed by atoms with Crippen LogP contribution in [0.2, 0.25) is 0 Å². The summed E-state index contributed by atoms with van der Waals surface area (Å²) in [7, 11) is -4.79. The van der Waals surface area contributed by atoms with Crippen molar-refractivity contribution in [3.63, 3.8) is 0 Å². The zero-order chi connectivity index (χ0) is 29.7. The van der Waals surface area contributed by atoms with E-state index in [0.717, 1.165) is 61.2 Å². The number of sulfonamides is 1. The number of alkyl halides is 3. The minimum atomic E-state index is -4.92. The number of fused-ring (bicyclic) bond motifs is 1. The molecule has 0 bridgehead atoms. The summed E-state index contributed by atoms with van der Waals surface area (Å²) < 4.78 is 71.1. The van der Waals surface area contributed by atoms with Crippen molar-refractivity contribution < 1.29 is 31.1 Å². The van der Waals surface area contributed by atoms with E-state index in [2.05, 4.69) is 43.9 Å². The molecule has 0 amide bonds. The Balaban J connectivity index is 2.00. The van der Waals surface area contributed by atoms with Gasteiger partial charge in [0.1, 0.15) is 11.3 Å². The summed E-state index contributed by atoms with van der Waals surface area (Å²) >= 11 is 0.819. The van der Waals surface area contributed by atoms with Crippen molar-refractivity contribution in [2.75, 3.05) is 21.9 Å². The van der Waals surface area contributed by atoms with Gasteiger partial charge in [0, 0.05) is 18.3 Å². The summed E-state index contributed by atoms with van der Waals surface area (Å²) in [5, 5.41) is 15.6. The van der Waals surface area contributed by atoms with Gasteiger partial charge in [-0.2, -0.15) is 13.2 Å². The van der Waals surface area contributed by atoms with Crippen LogP contribution in [0.4, 0.5) is 35.4 Å². The van der Waals surface area contributed by atoms with E-state index in [1.807, 2.05) is 0 Å². The van der Waals surface area contributed by atoms with Crippen LogP contribution >= 0.6 is 11.3 Å². The van der Waals surface area contributed by atoms with Gasteiger partial charge in [-0.25, -0.2) is 13.2 Å². The van der Waals surface area contributed by atoms with E-state index in [1.54, 1.807) is 26.8 Å². The first-order valence-electron chi connectivity index (χ1n) is 13.1. The van der Waals surface area contributed by atoms with Gasteiger partial charge in [0.2, 0.25) is 15.0 Å². The molecule has 0 radical (unpaired) electrons. The first kappa shape index (κ1) is 31.7. The van der Waals surface area contributed by atoms with Gasteiger partial charge in [-0.1, -0.05) is 38.0 Å². The van der Waals surface area contributed by atoms with Gasteiger partial charge >= 0.3 is 12.1 Å². The SMILES string of the molecule is CCCCCN1c2cc(NS(=O)(=O)CC(F)(F)F)c(N=Nc3nnc(C(=O)OC(C)(C)C)s3)cc2CCC1CC. The average molecular weight is 605 g/mol. The van der Waals surface area contributed by atoms with Crippen molar-refractivity contribution >= 4 is 49.5 Å². The van der Waals surface area contributed by atoms with Crippen molar-refractivity contribution in [3.8, 4) is 0 Å². The van der Waals surface area contributed by atoms with Crippen LogP contribution in [0.3, 0.4) is 0 Å². The van der Waals surface area contributed by atoms with E-state index >= 15 is 0 Å². The number of benzene rings is 1. The fraction of sp³-hybridized carbons (Fsp3) is 0.640. The van der Waals surface area contributed by atoms with Crippen LogP contribution in [-0.2, 0) is 21.2 Å². The molecule has 0 saturated carbocycles. The van der Waals surface area contributed by atoms with Crippen LogP contribution in [-0.4, -0.2) is 54.7 Å². The molecular weight excluding hydrogens is 569 g/mol. The van der Waals surface area contributed by atoms with Crippen molar-refractivity contribution in [2.24, 2.45) is 10.2 Å². The topological polar surface area (TPSA) is 126 Å². The number of carbonyl (C=O) groups is 1. The number of hydrogen-bond acceptors (Lipinski definition) is 10. The predicted octanol–water partition coefficient (Wildman–Crippen LogP) is 6.93. The molecule has 2 aromatic rings. The number of azo groups is 1. The number of nitrogens with one attached hydrogen (secondary N) is 1. The van der Waals surface area contributed by atoms with Crippen LogP contribution in [0.5, 0.6) is 0 Å². The number of rotatable bonds is 11. The van der Waals surface area contributed by atoms with Gasteiger partial charge in [-0.3, -0.25) is 4.72 Å². The minimum absolute atomic E-state index is 0.00471. The number of halogens is 3. The molecule has 1 unspecified atom stereocenters. The van der Waals surface area contributed by atoms with Gasteiger partial charge in [0.05, 0.1) is 5.69 Å². The van der Waals surface area contributed by atoms with Gasteiger partial charge < -0.3 is 9.64 Å². The smallest absolute Gasteiger partial charge is 0.404 e. The van der Waals surface area contributed by atoms with Gasteiger partial charge in [0.25, 0.3) is 5.13 Å². The molecule has 0 saturated heterocycles. The number of hydrogen-bond donors (Lipinski definition) is 1. The van der Waals surface area contributed by atoms with Crippen LogP contribution in [0.1, 0.15) is 82.1 Å². The number of unbranched alkanes of at least 4 members (excludes halogenated alkanes) is 2. The molecule has 1 N–H and O–H groups in total. The molecular formula is C25H35F3N6O4S2. The lowest BCUT2D eigenvalue weighted by Gasteiger charge is -2.39. The second-order valence-corrected chi connectivity index (χ2v) is 13.2. The lowest BCUT2D eigenvalue weighted by molar-refractivity contribution is -0.106. The first-order valence-corrected chi connectivity index (χ1v) is 15.6. The van der Waals surface area contributed by atoms with Crippen LogP contribution in [0.25, 0.3) is 0 Å². The van der Waals surface area contributed by atoms with Gasteiger partial charge in [0.15, 0.2) is 5.75 Å². The zero-order valence-corrected chi connectivity index (χ0v) is 24.8. The summed E-state index contributed by atoms with van der Waals surface area (Å²) in [6.45, 7) is 10.0. The molecule has 1 aromatic carbocycles.